The van der Waals surface area contributed by atoms with Crippen molar-refractivity contribution in [3.63, 3.8) is 0 Å². The zero-order valence-electron chi connectivity index (χ0n) is 13.2. The number of hydrogen-bond donors (Lipinski definition) is 1. The van der Waals surface area contributed by atoms with Gasteiger partial charge >= 0.3 is 0 Å². The largest absolute Gasteiger partial charge is 0.491 e. The molecule has 1 aliphatic rings. The standard InChI is InChI=1S/C16H28N2O2/c1-5-16(3,4)14-8-7-12(19)9-15(14)18-11-13(10-17-18)20-6-2/h10-12,14-15,19H,5-9H2,1-4H3. The Balaban J connectivity index is 2.22. The van der Waals surface area contributed by atoms with Gasteiger partial charge in [-0.25, -0.2) is 0 Å². The van der Waals surface area contributed by atoms with Crippen LogP contribution in [0.4, 0.5) is 0 Å². The number of nitrogens with zero attached hydrogens (tertiary/aromatic N) is 2. The van der Waals surface area contributed by atoms with Crippen molar-refractivity contribution in [3.8, 4) is 5.75 Å². The van der Waals surface area contributed by atoms with Crippen molar-refractivity contribution in [2.75, 3.05) is 6.61 Å². The molecule has 1 fully saturated rings. The van der Waals surface area contributed by atoms with Crippen molar-refractivity contribution in [1.82, 2.24) is 9.78 Å². The summed E-state index contributed by atoms with van der Waals surface area (Å²) in [5, 5.41) is 14.5. The van der Waals surface area contributed by atoms with Gasteiger partial charge in [-0.3, -0.25) is 4.68 Å². The summed E-state index contributed by atoms with van der Waals surface area (Å²) in [5.41, 5.74) is 0.266. The van der Waals surface area contributed by atoms with E-state index in [0.29, 0.717) is 12.5 Å². The van der Waals surface area contributed by atoms with Crippen LogP contribution in [0.1, 0.15) is 59.4 Å². The minimum atomic E-state index is -0.205. The number of ether oxygens (including phenoxy) is 1. The summed E-state index contributed by atoms with van der Waals surface area (Å²) < 4.78 is 7.51. The van der Waals surface area contributed by atoms with Gasteiger partial charge in [-0.1, -0.05) is 27.2 Å². The lowest BCUT2D eigenvalue weighted by molar-refractivity contribution is 0.0171. The van der Waals surface area contributed by atoms with E-state index in [4.69, 9.17) is 4.74 Å². The lowest BCUT2D eigenvalue weighted by Crippen LogP contribution is -2.38. The van der Waals surface area contributed by atoms with Crippen molar-refractivity contribution in [2.24, 2.45) is 11.3 Å². The first kappa shape index (κ1) is 15.4. The molecule has 114 valence electrons. The molecule has 0 bridgehead atoms. The lowest BCUT2D eigenvalue weighted by atomic mass is 9.66. The topological polar surface area (TPSA) is 47.3 Å². The Bertz CT molecular complexity index is 428. The number of hydrogen-bond acceptors (Lipinski definition) is 3. The second kappa shape index (κ2) is 6.17. The van der Waals surface area contributed by atoms with Gasteiger partial charge < -0.3 is 9.84 Å². The summed E-state index contributed by atoms with van der Waals surface area (Å²) in [5.74, 6) is 1.37. The Kier molecular flexibility index (Phi) is 4.74. The van der Waals surface area contributed by atoms with Crippen LogP contribution in [0.5, 0.6) is 5.75 Å². The van der Waals surface area contributed by atoms with Gasteiger partial charge in [-0.2, -0.15) is 5.10 Å². The van der Waals surface area contributed by atoms with E-state index in [9.17, 15) is 5.11 Å². The van der Waals surface area contributed by atoms with Crippen LogP contribution in [0, 0.1) is 11.3 Å². The number of aromatic nitrogens is 2. The summed E-state index contributed by atoms with van der Waals surface area (Å²) >= 11 is 0. The fourth-order valence-electron chi connectivity index (χ4n) is 3.33. The number of rotatable bonds is 5. The van der Waals surface area contributed by atoms with Crippen molar-refractivity contribution >= 4 is 0 Å². The van der Waals surface area contributed by atoms with Gasteiger partial charge in [0.2, 0.25) is 0 Å². The van der Waals surface area contributed by atoms with Gasteiger partial charge in [0.05, 0.1) is 31.1 Å². The molecule has 1 aromatic heterocycles. The van der Waals surface area contributed by atoms with E-state index in [-0.39, 0.29) is 17.6 Å². The molecule has 0 aromatic carbocycles. The van der Waals surface area contributed by atoms with E-state index in [0.717, 1.165) is 31.4 Å². The van der Waals surface area contributed by atoms with Gasteiger partial charge in [0, 0.05) is 0 Å². The second-order valence-corrected chi connectivity index (χ2v) is 6.57. The highest BCUT2D eigenvalue weighted by Gasteiger charge is 2.39. The molecule has 0 spiro atoms. The molecule has 1 aliphatic carbocycles. The Hall–Kier alpha value is -1.03. The van der Waals surface area contributed by atoms with Gasteiger partial charge in [-0.05, 0) is 37.5 Å². The fraction of sp³-hybridized carbons (Fsp3) is 0.812. The number of aliphatic hydroxyl groups is 1. The Labute approximate surface area is 122 Å². The molecule has 1 N–H and O–H groups in total. The predicted molar refractivity (Wildman–Crippen MR) is 79.9 cm³/mol. The highest BCUT2D eigenvalue weighted by molar-refractivity contribution is 5.12. The van der Waals surface area contributed by atoms with E-state index in [1.165, 1.54) is 0 Å². The molecule has 20 heavy (non-hydrogen) atoms. The van der Waals surface area contributed by atoms with Gasteiger partial charge in [0.1, 0.15) is 0 Å². The molecule has 4 nitrogen and oxygen atoms in total. The van der Waals surface area contributed by atoms with Crippen molar-refractivity contribution in [1.29, 1.82) is 0 Å². The van der Waals surface area contributed by atoms with E-state index < -0.39 is 0 Å². The highest BCUT2D eigenvalue weighted by atomic mass is 16.5. The fourth-order valence-corrected chi connectivity index (χ4v) is 3.33. The summed E-state index contributed by atoms with van der Waals surface area (Å²) in [4.78, 5) is 0. The molecule has 1 heterocycles. The lowest BCUT2D eigenvalue weighted by Gasteiger charge is -2.43. The number of aliphatic hydroxyl groups excluding tert-OH is 1. The summed E-state index contributed by atoms with van der Waals surface area (Å²) in [6.45, 7) is 9.54. The van der Waals surface area contributed by atoms with E-state index in [2.05, 4.69) is 25.9 Å². The smallest absolute Gasteiger partial charge is 0.157 e. The van der Waals surface area contributed by atoms with E-state index in [1.54, 1.807) is 6.20 Å². The van der Waals surface area contributed by atoms with E-state index in [1.807, 2.05) is 17.8 Å². The van der Waals surface area contributed by atoms with Crippen LogP contribution in [0.15, 0.2) is 12.4 Å². The summed E-state index contributed by atoms with van der Waals surface area (Å²) in [6.07, 6.45) is 7.46. The first-order valence-electron chi connectivity index (χ1n) is 7.83. The molecule has 1 saturated carbocycles. The normalized spacial score (nSPS) is 27.6. The maximum atomic E-state index is 10.0. The van der Waals surface area contributed by atoms with Crippen LogP contribution in [0.3, 0.4) is 0 Å². The zero-order chi connectivity index (χ0) is 14.8. The van der Waals surface area contributed by atoms with Crippen LogP contribution in [-0.4, -0.2) is 27.6 Å². The molecule has 1 aromatic rings. The molecule has 0 aliphatic heterocycles. The molecular formula is C16H28N2O2. The molecule has 0 saturated heterocycles. The quantitative estimate of drug-likeness (QED) is 0.899. The maximum absolute atomic E-state index is 10.0. The van der Waals surface area contributed by atoms with Crippen LogP contribution in [-0.2, 0) is 0 Å². The maximum Gasteiger partial charge on any atom is 0.157 e. The van der Waals surface area contributed by atoms with Crippen molar-refractivity contribution < 1.29 is 9.84 Å². The minimum Gasteiger partial charge on any atom is -0.491 e. The minimum absolute atomic E-state index is 0.205. The Morgan fingerprint density at radius 2 is 2.15 bits per heavy atom. The molecule has 4 heteroatoms. The average Bonchev–Trinajstić information content (AvgIpc) is 2.87. The monoisotopic (exact) mass is 280 g/mol. The third kappa shape index (κ3) is 3.17. The molecule has 2 rings (SSSR count). The van der Waals surface area contributed by atoms with Crippen molar-refractivity contribution in [3.05, 3.63) is 12.4 Å². The Morgan fingerprint density at radius 1 is 1.40 bits per heavy atom. The Morgan fingerprint density at radius 3 is 2.80 bits per heavy atom. The third-order valence-corrected chi connectivity index (χ3v) is 4.93. The molecule has 0 radical (unpaired) electrons. The molecule has 0 amide bonds. The first-order chi connectivity index (χ1) is 9.47. The predicted octanol–water partition coefficient (Wildman–Crippen LogP) is 3.42. The van der Waals surface area contributed by atoms with E-state index >= 15 is 0 Å². The van der Waals surface area contributed by atoms with Gasteiger partial charge in [0.25, 0.3) is 0 Å². The van der Waals surface area contributed by atoms with Crippen molar-refractivity contribution in [2.45, 2.75) is 65.5 Å². The highest BCUT2D eigenvalue weighted by Crippen LogP contribution is 2.46. The molecule has 3 unspecified atom stereocenters. The SMILES string of the molecule is CCOc1cnn(C2CC(O)CCC2C(C)(C)CC)c1. The third-order valence-electron chi connectivity index (χ3n) is 4.93. The van der Waals surface area contributed by atoms with Crippen LogP contribution >= 0.6 is 0 Å². The second-order valence-electron chi connectivity index (χ2n) is 6.57. The average molecular weight is 280 g/mol. The summed E-state index contributed by atoms with van der Waals surface area (Å²) in [6, 6.07) is 0.267. The van der Waals surface area contributed by atoms with Gasteiger partial charge in [-0.15, -0.1) is 0 Å². The molecular weight excluding hydrogens is 252 g/mol. The van der Waals surface area contributed by atoms with Crippen LogP contribution < -0.4 is 4.74 Å². The van der Waals surface area contributed by atoms with Crippen LogP contribution in [0.2, 0.25) is 0 Å². The van der Waals surface area contributed by atoms with Crippen LogP contribution in [0.25, 0.3) is 0 Å². The zero-order valence-corrected chi connectivity index (χ0v) is 13.2. The summed E-state index contributed by atoms with van der Waals surface area (Å²) in [7, 11) is 0. The molecule has 3 atom stereocenters. The first-order valence-corrected chi connectivity index (χ1v) is 7.83. The van der Waals surface area contributed by atoms with Gasteiger partial charge in [0.15, 0.2) is 5.75 Å².